The molecule has 1 saturated heterocycles. The number of ether oxygens (including phenoxy) is 3. The maximum absolute atomic E-state index is 11.7. The molecule has 1 aliphatic heterocycles. The van der Waals surface area contributed by atoms with Crippen LogP contribution in [0.5, 0.6) is 0 Å². The van der Waals surface area contributed by atoms with Gasteiger partial charge in [-0.3, -0.25) is 9.89 Å². The van der Waals surface area contributed by atoms with Crippen LogP contribution in [0, 0.1) is 0 Å². The van der Waals surface area contributed by atoms with Crippen LogP contribution in [-0.2, 0) is 19.0 Å². The number of aliphatic hydroxyl groups excluding tert-OH is 5. The van der Waals surface area contributed by atoms with E-state index in [0.717, 1.165) is 0 Å². The largest absolute Gasteiger partial charge is 0.394 e. The molecule has 1 fully saturated rings. The van der Waals surface area contributed by atoms with Crippen molar-refractivity contribution in [2.75, 3.05) is 33.0 Å². The summed E-state index contributed by atoms with van der Waals surface area (Å²) in [5.74, 6) is -0.378. The minimum Gasteiger partial charge on any atom is -0.394 e. The van der Waals surface area contributed by atoms with Gasteiger partial charge in [0, 0.05) is 12.7 Å². The van der Waals surface area contributed by atoms with Crippen LogP contribution in [0.1, 0.15) is 18.2 Å². The number of aromatic amines is 1. The smallest absolute Gasteiger partial charge is 0.223 e. The Morgan fingerprint density at radius 2 is 2.04 bits per heavy atom. The molecule has 0 spiro atoms. The molecule has 1 aromatic heterocycles. The topological polar surface area (TPSA) is 200 Å². The first-order chi connectivity index (χ1) is 13.4. The lowest BCUT2D eigenvalue weighted by atomic mass is 9.99. The molecule has 0 aliphatic carbocycles. The summed E-state index contributed by atoms with van der Waals surface area (Å²) >= 11 is 0. The number of rotatable bonds is 11. The highest BCUT2D eigenvalue weighted by molar-refractivity contribution is 5.76. The van der Waals surface area contributed by atoms with Crippen molar-refractivity contribution in [3.05, 3.63) is 11.9 Å². The maximum atomic E-state index is 11.7. The van der Waals surface area contributed by atoms with E-state index in [1.54, 1.807) is 0 Å². The van der Waals surface area contributed by atoms with E-state index < -0.39 is 43.4 Å². The number of nitrogens with zero attached hydrogens (tertiary/aromatic N) is 2. The zero-order chi connectivity index (χ0) is 20.5. The van der Waals surface area contributed by atoms with Gasteiger partial charge in [-0.25, -0.2) is 0 Å². The molecule has 28 heavy (non-hydrogen) atoms. The zero-order valence-electron chi connectivity index (χ0n) is 15.0. The van der Waals surface area contributed by atoms with Crippen LogP contribution >= 0.6 is 0 Å². The lowest BCUT2D eigenvalue weighted by molar-refractivity contribution is -0.302. The third-order valence-corrected chi connectivity index (χ3v) is 4.08. The van der Waals surface area contributed by atoms with Crippen molar-refractivity contribution >= 4 is 5.91 Å². The Hall–Kier alpha value is -1.71. The van der Waals surface area contributed by atoms with Crippen molar-refractivity contribution < 1.29 is 44.5 Å². The van der Waals surface area contributed by atoms with Gasteiger partial charge in [-0.2, -0.15) is 0 Å². The molecule has 160 valence electrons. The molecule has 1 unspecified atom stereocenters. The molecule has 1 amide bonds. The number of carbonyl (C=O) groups is 1. The Morgan fingerprint density at radius 3 is 2.71 bits per heavy atom. The first-order valence-corrected chi connectivity index (χ1v) is 8.75. The second-order valence-electron chi connectivity index (χ2n) is 6.15. The van der Waals surface area contributed by atoms with Crippen molar-refractivity contribution in [2.45, 2.75) is 43.2 Å². The fourth-order valence-electron chi connectivity index (χ4n) is 2.52. The van der Waals surface area contributed by atoms with Crippen molar-refractivity contribution in [2.24, 2.45) is 0 Å². The van der Waals surface area contributed by atoms with Crippen LogP contribution in [0.3, 0.4) is 0 Å². The van der Waals surface area contributed by atoms with Crippen molar-refractivity contribution in [1.29, 1.82) is 0 Å². The van der Waals surface area contributed by atoms with Gasteiger partial charge in [0.25, 0.3) is 0 Å². The zero-order valence-corrected chi connectivity index (χ0v) is 15.0. The number of amides is 1. The van der Waals surface area contributed by atoms with Gasteiger partial charge >= 0.3 is 0 Å². The Kier molecular flexibility index (Phi) is 9.14. The maximum Gasteiger partial charge on any atom is 0.223 e. The highest BCUT2D eigenvalue weighted by atomic mass is 16.7. The van der Waals surface area contributed by atoms with Gasteiger partial charge in [0.15, 0.2) is 6.29 Å². The lowest BCUT2D eigenvalue weighted by Crippen LogP contribution is -2.59. The quantitative estimate of drug-likeness (QED) is 0.178. The Balaban J connectivity index is 1.54. The monoisotopic (exact) mass is 406 g/mol. The number of aromatic nitrogens is 3. The molecule has 1 aromatic rings. The van der Waals surface area contributed by atoms with Crippen molar-refractivity contribution in [3.8, 4) is 0 Å². The summed E-state index contributed by atoms with van der Waals surface area (Å²) in [4.78, 5) is 11.7. The number of aliphatic hydroxyl groups is 5. The van der Waals surface area contributed by atoms with Gasteiger partial charge in [0.1, 0.15) is 36.2 Å². The Morgan fingerprint density at radius 1 is 1.25 bits per heavy atom. The minimum absolute atomic E-state index is 0.0154. The Bertz CT molecular complexity index is 574. The first-order valence-electron chi connectivity index (χ1n) is 8.75. The Labute approximate surface area is 160 Å². The lowest BCUT2D eigenvalue weighted by Gasteiger charge is -2.39. The molecule has 0 saturated carbocycles. The molecule has 6 atom stereocenters. The molecule has 2 heterocycles. The first kappa shape index (κ1) is 22.6. The van der Waals surface area contributed by atoms with Crippen LogP contribution in [0.4, 0.5) is 0 Å². The van der Waals surface area contributed by atoms with E-state index >= 15 is 0 Å². The van der Waals surface area contributed by atoms with Gasteiger partial charge < -0.3 is 45.1 Å². The second-order valence-corrected chi connectivity index (χ2v) is 6.15. The molecule has 7 N–H and O–H groups in total. The molecule has 1 aliphatic rings. The summed E-state index contributed by atoms with van der Waals surface area (Å²) in [6.07, 6.45) is -6.46. The number of hydrogen-bond acceptors (Lipinski definition) is 11. The van der Waals surface area contributed by atoms with Crippen LogP contribution in [0.2, 0.25) is 0 Å². The highest BCUT2D eigenvalue weighted by Crippen LogP contribution is 2.21. The van der Waals surface area contributed by atoms with Gasteiger partial charge in [-0.05, 0) is 0 Å². The standard InChI is InChI=1S/C15H26N4O9/c20-7-10-12(23)13(24)14(25)15(28-10)27-4-3-26-2-1-16-11(22)5-9(21)8-6-17-19-18-8/h6,9-10,12-15,20-21,23-25H,1-5,7H2,(H,16,22)(H,17,18,19)/t9?,10-,12+,13+,14-,15+/m1/s1. The molecule has 2 rings (SSSR count). The van der Waals surface area contributed by atoms with E-state index in [9.17, 15) is 25.2 Å². The van der Waals surface area contributed by atoms with Crippen LogP contribution < -0.4 is 5.32 Å². The summed E-state index contributed by atoms with van der Waals surface area (Å²) in [6.45, 7) is -0.00538. The summed E-state index contributed by atoms with van der Waals surface area (Å²) in [7, 11) is 0. The van der Waals surface area contributed by atoms with Crippen LogP contribution in [0.15, 0.2) is 6.20 Å². The molecule has 13 heteroatoms. The van der Waals surface area contributed by atoms with Crippen molar-refractivity contribution in [1.82, 2.24) is 20.7 Å². The van der Waals surface area contributed by atoms with E-state index in [4.69, 9.17) is 19.3 Å². The SMILES string of the molecule is O=C(CC(O)c1c[nH]nn1)NCCOCCO[C@H]1O[C@H](CO)[C@H](O)[C@H](O)[C@H]1O. The van der Waals surface area contributed by atoms with Crippen LogP contribution in [-0.4, -0.2) is 111 Å². The summed E-state index contributed by atoms with van der Waals surface area (Å²) in [5, 5.41) is 60.0. The van der Waals surface area contributed by atoms with E-state index in [0.29, 0.717) is 0 Å². The van der Waals surface area contributed by atoms with Crippen LogP contribution in [0.25, 0.3) is 0 Å². The summed E-state index contributed by atoms with van der Waals surface area (Å²) < 4.78 is 15.7. The number of carbonyl (C=O) groups excluding carboxylic acids is 1. The number of hydrogen-bond donors (Lipinski definition) is 7. The predicted molar refractivity (Wildman–Crippen MR) is 89.5 cm³/mol. The number of nitrogens with one attached hydrogen (secondary N) is 2. The fraction of sp³-hybridized carbons (Fsp3) is 0.800. The van der Waals surface area contributed by atoms with E-state index in [1.165, 1.54) is 6.20 Å². The third-order valence-electron chi connectivity index (χ3n) is 4.08. The van der Waals surface area contributed by atoms with E-state index in [2.05, 4.69) is 20.7 Å². The van der Waals surface area contributed by atoms with Crippen molar-refractivity contribution in [3.63, 3.8) is 0 Å². The average molecular weight is 406 g/mol. The molecule has 0 aromatic carbocycles. The minimum atomic E-state index is -1.50. The molecule has 13 nitrogen and oxygen atoms in total. The second kappa shape index (κ2) is 11.3. The van der Waals surface area contributed by atoms with Gasteiger partial charge in [-0.1, -0.05) is 5.21 Å². The van der Waals surface area contributed by atoms with Gasteiger partial charge in [0.05, 0.1) is 32.8 Å². The van der Waals surface area contributed by atoms with Gasteiger partial charge in [0.2, 0.25) is 5.91 Å². The molecule has 0 radical (unpaired) electrons. The molecule has 0 bridgehead atoms. The fourth-order valence-corrected chi connectivity index (χ4v) is 2.52. The average Bonchev–Trinajstić information content (AvgIpc) is 3.22. The molecular formula is C15H26N4O9. The summed E-state index contributed by atoms with van der Waals surface area (Å²) in [5.41, 5.74) is 0.275. The predicted octanol–water partition coefficient (Wildman–Crippen LogP) is -3.82. The van der Waals surface area contributed by atoms with E-state index in [-0.39, 0.29) is 44.4 Å². The number of H-pyrrole nitrogens is 1. The molecular weight excluding hydrogens is 380 g/mol. The van der Waals surface area contributed by atoms with E-state index in [1.807, 2.05) is 0 Å². The normalized spacial score (nSPS) is 28.8. The van der Waals surface area contributed by atoms with Gasteiger partial charge in [-0.15, -0.1) is 5.10 Å². The summed E-state index contributed by atoms with van der Waals surface area (Å²) in [6, 6.07) is 0. The third kappa shape index (κ3) is 6.42. The highest BCUT2D eigenvalue weighted by Gasteiger charge is 2.43.